The van der Waals surface area contributed by atoms with E-state index in [0.717, 1.165) is 0 Å². The first kappa shape index (κ1) is 15.3. The summed E-state index contributed by atoms with van der Waals surface area (Å²) in [5.74, 6) is 0.0240. The topological polar surface area (TPSA) is 57.6 Å². The van der Waals surface area contributed by atoms with E-state index in [1.54, 1.807) is 0 Å². The highest BCUT2D eigenvalue weighted by molar-refractivity contribution is 9.10. The predicted octanol–water partition coefficient (Wildman–Crippen LogP) is 2.49. The first-order valence-corrected chi connectivity index (χ1v) is 8.45. The SMILES string of the molecule is CC(C)C1(O)CN(S(=O)(=O)c2ccc(Cl)c(Br)c2)C1. The normalized spacial score (nSPS) is 19.5. The monoisotopic (exact) mass is 367 g/mol. The summed E-state index contributed by atoms with van der Waals surface area (Å²) in [5, 5.41) is 10.6. The number of sulfonamides is 1. The molecule has 0 aliphatic carbocycles. The van der Waals surface area contributed by atoms with Crippen LogP contribution < -0.4 is 0 Å². The zero-order valence-electron chi connectivity index (χ0n) is 10.6. The molecular formula is C12H15BrClNO3S. The lowest BCUT2D eigenvalue weighted by Crippen LogP contribution is -2.65. The van der Waals surface area contributed by atoms with Crippen LogP contribution >= 0.6 is 27.5 Å². The van der Waals surface area contributed by atoms with Crippen LogP contribution in [0.4, 0.5) is 0 Å². The van der Waals surface area contributed by atoms with Gasteiger partial charge in [0, 0.05) is 17.6 Å². The molecule has 0 aromatic heterocycles. The number of rotatable bonds is 3. The van der Waals surface area contributed by atoms with E-state index >= 15 is 0 Å². The van der Waals surface area contributed by atoms with E-state index in [9.17, 15) is 13.5 Å². The summed E-state index contributed by atoms with van der Waals surface area (Å²) in [4.78, 5) is 0.176. The van der Waals surface area contributed by atoms with Crippen molar-refractivity contribution in [2.75, 3.05) is 13.1 Å². The molecule has 1 aromatic rings. The second kappa shape index (κ2) is 5.00. The van der Waals surface area contributed by atoms with E-state index in [1.807, 2.05) is 13.8 Å². The molecule has 1 saturated heterocycles. The van der Waals surface area contributed by atoms with Crippen molar-refractivity contribution in [2.24, 2.45) is 5.92 Å². The molecule has 0 amide bonds. The van der Waals surface area contributed by atoms with Gasteiger partial charge >= 0.3 is 0 Å². The van der Waals surface area contributed by atoms with Gasteiger partial charge < -0.3 is 5.11 Å². The minimum Gasteiger partial charge on any atom is -0.387 e. The Balaban J connectivity index is 2.23. The summed E-state index contributed by atoms with van der Waals surface area (Å²) >= 11 is 9.06. The maximum absolute atomic E-state index is 12.3. The summed E-state index contributed by atoms with van der Waals surface area (Å²) in [5.41, 5.74) is -0.920. The van der Waals surface area contributed by atoms with Gasteiger partial charge in [0.1, 0.15) is 0 Å². The molecule has 19 heavy (non-hydrogen) atoms. The second-order valence-electron chi connectivity index (χ2n) is 5.11. The van der Waals surface area contributed by atoms with Crippen molar-refractivity contribution >= 4 is 37.6 Å². The number of β-amino-alcohol motifs (C(OH)–C–C–N with tert-alkyl or cyclic N) is 1. The van der Waals surface area contributed by atoms with E-state index in [2.05, 4.69) is 15.9 Å². The Labute approximate surface area is 126 Å². The maximum Gasteiger partial charge on any atom is 0.243 e. The predicted molar refractivity (Wildman–Crippen MR) is 77.7 cm³/mol. The third kappa shape index (κ3) is 2.69. The highest BCUT2D eigenvalue weighted by Crippen LogP contribution is 2.34. The molecular weight excluding hydrogens is 354 g/mol. The fourth-order valence-corrected chi connectivity index (χ4v) is 4.13. The molecule has 0 radical (unpaired) electrons. The van der Waals surface area contributed by atoms with Crippen molar-refractivity contribution < 1.29 is 13.5 Å². The summed E-state index contributed by atoms with van der Waals surface area (Å²) in [7, 11) is -3.56. The van der Waals surface area contributed by atoms with E-state index in [1.165, 1.54) is 22.5 Å². The molecule has 106 valence electrons. The molecule has 0 atom stereocenters. The summed E-state index contributed by atoms with van der Waals surface area (Å²) < 4.78 is 26.5. The Bertz CT molecular complexity index is 597. The summed E-state index contributed by atoms with van der Waals surface area (Å²) in [6, 6.07) is 4.48. The molecule has 1 aliphatic rings. The quantitative estimate of drug-likeness (QED) is 0.892. The van der Waals surface area contributed by atoms with Crippen LogP contribution in [0.2, 0.25) is 5.02 Å². The largest absolute Gasteiger partial charge is 0.387 e. The Hall–Kier alpha value is -0.140. The van der Waals surface area contributed by atoms with Crippen molar-refractivity contribution in [1.29, 1.82) is 0 Å². The fraction of sp³-hybridized carbons (Fsp3) is 0.500. The van der Waals surface area contributed by atoms with Crippen LogP contribution in [0.15, 0.2) is 27.6 Å². The van der Waals surface area contributed by atoms with E-state index in [0.29, 0.717) is 9.50 Å². The van der Waals surface area contributed by atoms with Crippen LogP contribution in [-0.4, -0.2) is 36.5 Å². The zero-order valence-corrected chi connectivity index (χ0v) is 13.8. The Morgan fingerprint density at radius 2 is 2.00 bits per heavy atom. The molecule has 0 bridgehead atoms. The number of hydrogen-bond donors (Lipinski definition) is 1. The smallest absolute Gasteiger partial charge is 0.243 e. The van der Waals surface area contributed by atoms with Gasteiger partial charge in [0.15, 0.2) is 0 Å². The average Bonchev–Trinajstić information content (AvgIpc) is 2.27. The van der Waals surface area contributed by atoms with Crippen LogP contribution in [0.25, 0.3) is 0 Å². The number of benzene rings is 1. The molecule has 1 fully saturated rings. The number of nitrogens with zero attached hydrogens (tertiary/aromatic N) is 1. The summed E-state index contributed by atoms with van der Waals surface area (Å²) in [6.07, 6.45) is 0. The van der Waals surface area contributed by atoms with Gasteiger partial charge in [0.25, 0.3) is 0 Å². The molecule has 1 aromatic carbocycles. The van der Waals surface area contributed by atoms with Crippen molar-refractivity contribution in [3.63, 3.8) is 0 Å². The van der Waals surface area contributed by atoms with Crippen LogP contribution in [-0.2, 0) is 10.0 Å². The molecule has 0 spiro atoms. The Kier molecular flexibility index (Phi) is 4.02. The number of aliphatic hydroxyl groups is 1. The van der Waals surface area contributed by atoms with Crippen molar-refractivity contribution in [3.05, 3.63) is 27.7 Å². The van der Waals surface area contributed by atoms with Gasteiger partial charge in [0.05, 0.1) is 15.5 Å². The minimum absolute atomic E-state index is 0.0240. The van der Waals surface area contributed by atoms with Gasteiger partial charge in [-0.25, -0.2) is 8.42 Å². The number of halogens is 2. The lowest BCUT2D eigenvalue weighted by Gasteiger charge is -2.47. The first-order valence-electron chi connectivity index (χ1n) is 5.84. The molecule has 1 aliphatic heterocycles. The van der Waals surface area contributed by atoms with Crippen LogP contribution in [0.1, 0.15) is 13.8 Å². The lowest BCUT2D eigenvalue weighted by atomic mass is 9.85. The van der Waals surface area contributed by atoms with Crippen molar-refractivity contribution in [3.8, 4) is 0 Å². The van der Waals surface area contributed by atoms with Crippen molar-refractivity contribution in [2.45, 2.75) is 24.3 Å². The highest BCUT2D eigenvalue weighted by Gasteiger charge is 2.49. The third-order valence-electron chi connectivity index (χ3n) is 3.50. The maximum atomic E-state index is 12.3. The van der Waals surface area contributed by atoms with Crippen molar-refractivity contribution in [1.82, 2.24) is 4.31 Å². The third-order valence-corrected chi connectivity index (χ3v) is 6.51. The fourth-order valence-electron chi connectivity index (χ4n) is 1.89. The Morgan fingerprint density at radius 3 is 2.47 bits per heavy atom. The lowest BCUT2D eigenvalue weighted by molar-refractivity contribution is -0.0932. The average molecular weight is 369 g/mol. The van der Waals surface area contributed by atoms with E-state index in [4.69, 9.17) is 11.6 Å². The molecule has 1 N–H and O–H groups in total. The first-order chi connectivity index (χ1) is 8.67. The molecule has 2 rings (SSSR count). The van der Waals surface area contributed by atoms with Gasteiger partial charge in [-0.3, -0.25) is 0 Å². The van der Waals surface area contributed by atoms with Crippen LogP contribution in [0, 0.1) is 5.92 Å². The molecule has 7 heteroatoms. The van der Waals surface area contributed by atoms with E-state index in [-0.39, 0.29) is 23.9 Å². The molecule has 0 saturated carbocycles. The number of hydrogen-bond acceptors (Lipinski definition) is 3. The molecule has 1 heterocycles. The highest BCUT2D eigenvalue weighted by atomic mass is 79.9. The van der Waals surface area contributed by atoms with Gasteiger partial charge in [-0.2, -0.15) is 4.31 Å². The zero-order chi connectivity index (χ0) is 14.4. The van der Waals surface area contributed by atoms with Crippen LogP contribution in [0.3, 0.4) is 0 Å². The second-order valence-corrected chi connectivity index (χ2v) is 8.31. The van der Waals surface area contributed by atoms with Gasteiger partial charge in [-0.05, 0) is 40.0 Å². The Morgan fingerprint density at radius 1 is 1.42 bits per heavy atom. The van der Waals surface area contributed by atoms with E-state index < -0.39 is 15.6 Å². The van der Waals surface area contributed by atoms with Gasteiger partial charge in [-0.15, -0.1) is 0 Å². The molecule has 0 unspecified atom stereocenters. The van der Waals surface area contributed by atoms with Gasteiger partial charge in [0.2, 0.25) is 10.0 Å². The van der Waals surface area contributed by atoms with Gasteiger partial charge in [-0.1, -0.05) is 25.4 Å². The summed E-state index contributed by atoms with van der Waals surface area (Å²) in [6.45, 7) is 4.02. The van der Waals surface area contributed by atoms with Crippen LogP contribution in [0.5, 0.6) is 0 Å². The molecule has 4 nitrogen and oxygen atoms in total. The minimum atomic E-state index is -3.56. The standard InChI is InChI=1S/C12H15BrClNO3S/c1-8(2)12(16)6-15(7-12)19(17,18)9-3-4-11(14)10(13)5-9/h3-5,8,16H,6-7H2,1-2H3.